The molecular formula is C28H46BN7O12. The van der Waals surface area contributed by atoms with Gasteiger partial charge in [0.25, 0.3) is 0 Å². The van der Waals surface area contributed by atoms with Crippen LogP contribution in [0.3, 0.4) is 0 Å². The van der Waals surface area contributed by atoms with E-state index in [9.17, 15) is 49.0 Å². The van der Waals surface area contributed by atoms with Crippen LogP contribution >= 0.6 is 0 Å². The van der Waals surface area contributed by atoms with Crippen LogP contribution in [0.1, 0.15) is 19.8 Å². The molecule has 4 saturated heterocycles. The highest BCUT2D eigenvalue weighted by Gasteiger charge is 2.39. The number of nitrogens with one attached hydrogen (secondary N) is 2. The predicted octanol–water partition coefficient (Wildman–Crippen LogP) is -5.87. The lowest BCUT2D eigenvalue weighted by Crippen LogP contribution is -2.58. The summed E-state index contributed by atoms with van der Waals surface area (Å²) in [5.41, 5.74) is 0. The Kier molecular flexibility index (Phi) is 13.5. The van der Waals surface area contributed by atoms with Gasteiger partial charge in [-0.1, -0.05) is 0 Å². The quantitative estimate of drug-likeness (QED) is 0.0928. The number of morpholine rings is 2. The van der Waals surface area contributed by atoms with Gasteiger partial charge in [-0.25, -0.2) is 0 Å². The van der Waals surface area contributed by atoms with E-state index in [2.05, 4.69) is 10.6 Å². The molecule has 0 aromatic carbocycles. The molecule has 0 aromatic heterocycles. The van der Waals surface area contributed by atoms with Gasteiger partial charge < -0.3 is 45.3 Å². The number of nitrogens with zero attached hydrogens (tertiary/aromatic N) is 5. The molecule has 0 spiro atoms. The number of carbonyl (C=O) groups excluding carboxylic acids is 5. The molecule has 4 aliphatic rings. The Morgan fingerprint density at radius 2 is 1.42 bits per heavy atom. The number of carbonyl (C=O) groups is 6. The molecule has 20 heteroatoms. The summed E-state index contributed by atoms with van der Waals surface area (Å²) < 4.78 is 11.1. The number of carboxylic acid groups (broad SMARTS) is 1. The first-order valence-electron chi connectivity index (χ1n) is 16.2. The standard InChI is InChI=1S/C28H46BN7O12/c1-18(28(44)36-4-2-3-22(36)29(45)46)30-27(43)21(17-37)31-23(38)13-32-5-7-34-12-20(48-26(42)15-34)10-33(14-24(39)40)6-8-35-11-19(9-32)47-25(41)16-35/h18-22,37,45-46H,2-17H2,1H3,(H,30,43)(H,31,38)(H,39,40)/t18-,19?,20?,21+,22+/m1/s1. The number of aliphatic hydroxyl groups excluding tert-OH is 1. The maximum absolute atomic E-state index is 13.2. The summed E-state index contributed by atoms with van der Waals surface area (Å²) in [6, 6.07) is -2.45. The van der Waals surface area contributed by atoms with Crippen molar-refractivity contribution in [1.82, 2.24) is 35.1 Å². The van der Waals surface area contributed by atoms with Crippen LogP contribution in [0.25, 0.3) is 0 Å². The summed E-state index contributed by atoms with van der Waals surface area (Å²) in [6.45, 7) is 2.76. The van der Waals surface area contributed by atoms with Gasteiger partial charge in [0.15, 0.2) is 0 Å². The number of aliphatic carboxylic acids is 1. The van der Waals surface area contributed by atoms with E-state index in [1.165, 1.54) is 11.8 Å². The minimum absolute atomic E-state index is 0.000756. The van der Waals surface area contributed by atoms with Crippen LogP contribution in [0.2, 0.25) is 0 Å². The molecule has 4 aliphatic heterocycles. The maximum atomic E-state index is 13.2. The van der Waals surface area contributed by atoms with Crippen LogP contribution in [0.5, 0.6) is 0 Å². The fourth-order valence-electron chi connectivity index (χ4n) is 6.56. The molecule has 0 aliphatic carbocycles. The highest BCUT2D eigenvalue weighted by atomic mass is 16.6. The van der Waals surface area contributed by atoms with Gasteiger partial charge in [-0.2, -0.15) is 0 Å². The Labute approximate surface area is 278 Å². The maximum Gasteiger partial charge on any atom is 0.475 e. The van der Waals surface area contributed by atoms with Crippen LogP contribution in [0, 0.1) is 0 Å². The highest BCUT2D eigenvalue weighted by molar-refractivity contribution is 6.43. The fourth-order valence-corrected chi connectivity index (χ4v) is 6.56. The molecule has 0 saturated carbocycles. The molecule has 0 aromatic rings. The van der Waals surface area contributed by atoms with Crippen molar-refractivity contribution in [3.8, 4) is 0 Å². The number of rotatable bonds is 10. The topological polar surface area (TPSA) is 242 Å². The Hall–Kier alpha value is -3.40. The molecule has 4 unspecified atom stereocenters. The second kappa shape index (κ2) is 17.3. The van der Waals surface area contributed by atoms with Gasteiger partial charge >= 0.3 is 25.0 Å². The first-order chi connectivity index (χ1) is 22.8. The molecular weight excluding hydrogens is 637 g/mol. The second-order valence-corrected chi connectivity index (χ2v) is 12.7. The molecule has 4 rings (SSSR count). The Balaban J connectivity index is 1.39. The Bertz CT molecular complexity index is 1200. The van der Waals surface area contributed by atoms with Gasteiger partial charge in [0, 0.05) is 58.9 Å². The van der Waals surface area contributed by atoms with Crippen molar-refractivity contribution in [2.45, 2.75) is 50.0 Å². The summed E-state index contributed by atoms with van der Waals surface area (Å²) in [5, 5.41) is 43.5. The number of aliphatic hydroxyl groups is 1. The summed E-state index contributed by atoms with van der Waals surface area (Å²) in [7, 11) is -1.72. The van der Waals surface area contributed by atoms with Crippen molar-refractivity contribution in [3.63, 3.8) is 0 Å². The lowest BCUT2D eigenvalue weighted by molar-refractivity contribution is -0.164. The van der Waals surface area contributed by atoms with E-state index < -0.39 is 79.6 Å². The first kappa shape index (κ1) is 37.4. The molecule has 268 valence electrons. The average molecular weight is 684 g/mol. The summed E-state index contributed by atoms with van der Waals surface area (Å²) in [5.74, 6) is -4.68. The number of likely N-dealkylation sites (tertiary alicyclic amines) is 1. The Morgan fingerprint density at radius 1 is 0.854 bits per heavy atom. The first-order valence-corrected chi connectivity index (χ1v) is 16.2. The fraction of sp³-hybridized carbons (Fsp3) is 0.786. The van der Waals surface area contributed by atoms with Gasteiger partial charge in [-0.3, -0.25) is 48.4 Å². The normalized spacial score (nSPS) is 28.7. The van der Waals surface area contributed by atoms with Crippen molar-refractivity contribution in [1.29, 1.82) is 0 Å². The number of hydrogen-bond acceptors (Lipinski definition) is 15. The highest BCUT2D eigenvalue weighted by Crippen LogP contribution is 2.19. The zero-order valence-electron chi connectivity index (χ0n) is 27.1. The molecule has 4 fully saturated rings. The number of fused-ring (bicyclic) bond motifs is 4. The van der Waals surface area contributed by atoms with Crippen molar-refractivity contribution in [3.05, 3.63) is 0 Å². The monoisotopic (exact) mass is 683 g/mol. The second-order valence-electron chi connectivity index (χ2n) is 12.7. The van der Waals surface area contributed by atoms with E-state index >= 15 is 0 Å². The van der Waals surface area contributed by atoms with Gasteiger partial charge in [0.1, 0.15) is 24.3 Å². The van der Waals surface area contributed by atoms with Crippen molar-refractivity contribution < 1.29 is 58.5 Å². The van der Waals surface area contributed by atoms with Gasteiger partial charge in [-0.15, -0.1) is 0 Å². The zero-order valence-corrected chi connectivity index (χ0v) is 27.1. The van der Waals surface area contributed by atoms with E-state index in [-0.39, 0.29) is 45.8 Å². The number of esters is 2. The van der Waals surface area contributed by atoms with E-state index in [4.69, 9.17) is 9.47 Å². The van der Waals surface area contributed by atoms with Crippen molar-refractivity contribution in [2.75, 3.05) is 91.7 Å². The molecule has 19 nitrogen and oxygen atoms in total. The summed E-state index contributed by atoms with van der Waals surface area (Å²) in [4.78, 5) is 83.8. The van der Waals surface area contributed by atoms with Gasteiger partial charge in [0.2, 0.25) is 17.7 Å². The lowest BCUT2D eigenvalue weighted by Gasteiger charge is -2.39. The number of hydrogen-bond donors (Lipinski definition) is 6. The van der Waals surface area contributed by atoms with E-state index in [0.717, 1.165) is 0 Å². The SMILES string of the molecule is C[C@@H](NC(=O)[C@H](CO)NC(=O)CN1CCN2CC(=O)OC(CN(CC(=O)O)CCN3CC(=O)OC(C1)C3)C2)C(=O)N1CCC[C@H]1B(O)O. The van der Waals surface area contributed by atoms with Gasteiger partial charge in [0.05, 0.1) is 38.7 Å². The van der Waals surface area contributed by atoms with Crippen LogP contribution in [0.15, 0.2) is 0 Å². The number of ether oxygens (including phenoxy) is 2. The predicted molar refractivity (Wildman–Crippen MR) is 165 cm³/mol. The van der Waals surface area contributed by atoms with E-state index in [1.807, 2.05) is 9.80 Å². The molecule has 4 bridgehead atoms. The minimum atomic E-state index is -1.72. The van der Waals surface area contributed by atoms with Crippen LogP contribution in [-0.4, -0.2) is 209 Å². The van der Waals surface area contributed by atoms with Crippen molar-refractivity contribution >= 4 is 42.7 Å². The van der Waals surface area contributed by atoms with Crippen LogP contribution in [0.4, 0.5) is 0 Å². The molecule has 3 amide bonds. The molecule has 4 heterocycles. The minimum Gasteiger partial charge on any atom is -0.480 e. The third-order valence-electron chi connectivity index (χ3n) is 8.83. The smallest absolute Gasteiger partial charge is 0.475 e. The van der Waals surface area contributed by atoms with Crippen LogP contribution < -0.4 is 10.6 Å². The van der Waals surface area contributed by atoms with E-state index in [0.29, 0.717) is 52.1 Å². The van der Waals surface area contributed by atoms with Crippen LogP contribution in [-0.2, 0) is 38.2 Å². The third-order valence-corrected chi connectivity index (χ3v) is 8.83. The third kappa shape index (κ3) is 10.8. The van der Waals surface area contributed by atoms with Gasteiger partial charge in [-0.05, 0) is 19.8 Å². The molecule has 7 atom stereocenters. The van der Waals surface area contributed by atoms with Crippen molar-refractivity contribution in [2.24, 2.45) is 0 Å². The largest absolute Gasteiger partial charge is 0.480 e. The molecule has 6 N–H and O–H groups in total. The number of amides is 3. The average Bonchev–Trinajstić information content (AvgIpc) is 3.50. The summed E-state index contributed by atoms with van der Waals surface area (Å²) in [6.07, 6.45) is -0.217. The number of carboxylic acids is 1. The Morgan fingerprint density at radius 3 is 1.94 bits per heavy atom. The summed E-state index contributed by atoms with van der Waals surface area (Å²) >= 11 is 0. The molecule has 0 radical (unpaired) electrons. The zero-order chi connectivity index (χ0) is 35.0. The molecule has 48 heavy (non-hydrogen) atoms. The lowest BCUT2D eigenvalue weighted by atomic mass is 9.78. The van der Waals surface area contributed by atoms with E-state index in [1.54, 1.807) is 9.80 Å².